The molecule has 2 fully saturated rings. The van der Waals surface area contributed by atoms with Gasteiger partial charge in [-0.1, -0.05) is 6.07 Å². The molecule has 0 aromatic carbocycles. The van der Waals surface area contributed by atoms with E-state index < -0.39 is 0 Å². The Kier molecular flexibility index (Phi) is 4.40. The number of aliphatic hydroxyl groups is 1. The molecule has 0 aliphatic carbocycles. The first-order valence-electron chi connectivity index (χ1n) is 9.28. The molecule has 2 aromatic heterocycles. The highest BCUT2D eigenvalue weighted by atomic mass is 16.3. The monoisotopic (exact) mass is 340 g/mol. The minimum absolute atomic E-state index is 0.147. The van der Waals surface area contributed by atoms with Crippen molar-refractivity contribution in [2.75, 3.05) is 19.6 Å². The normalized spacial score (nSPS) is 27.6. The van der Waals surface area contributed by atoms with Gasteiger partial charge in [0, 0.05) is 55.8 Å². The third-order valence-corrected chi connectivity index (χ3v) is 5.86. The molecule has 0 unspecified atom stereocenters. The Morgan fingerprint density at radius 2 is 2.04 bits per heavy atom. The van der Waals surface area contributed by atoms with Crippen molar-refractivity contribution in [2.45, 2.75) is 51.9 Å². The largest absolute Gasteiger partial charge is 0.392 e. The second kappa shape index (κ2) is 6.56. The van der Waals surface area contributed by atoms with E-state index in [4.69, 9.17) is 0 Å². The summed E-state index contributed by atoms with van der Waals surface area (Å²) in [5.74, 6) is 0.987. The summed E-state index contributed by atoms with van der Waals surface area (Å²) < 4.78 is 2.25. The number of hydrogen-bond acceptors (Lipinski definition) is 4. The lowest BCUT2D eigenvalue weighted by molar-refractivity contribution is 0.0527. The first-order chi connectivity index (χ1) is 12.0. The number of hydrogen-bond donors (Lipinski definition) is 1. The molecule has 5 nitrogen and oxygen atoms in total. The molecule has 1 N–H and O–H groups in total. The maximum atomic E-state index is 9.96. The van der Waals surface area contributed by atoms with Crippen molar-refractivity contribution in [3.05, 3.63) is 47.4 Å². The van der Waals surface area contributed by atoms with Crippen LogP contribution in [0.5, 0.6) is 0 Å². The molecule has 4 heterocycles. The SMILES string of the molecule is Cc1cc(CN2C[C@H]3C[C@@H](O)CN3C[C@@H]2C)c(C)n1-c1ccccn1. The molecule has 3 atom stereocenters. The fourth-order valence-corrected chi connectivity index (χ4v) is 4.54. The molecule has 0 spiro atoms. The topological polar surface area (TPSA) is 44.5 Å². The summed E-state index contributed by atoms with van der Waals surface area (Å²) >= 11 is 0. The van der Waals surface area contributed by atoms with Crippen LogP contribution in [0.2, 0.25) is 0 Å². The van der Waals surface area contributed by atoms with Crippen LogP contribution in [0.25, 0.3) is 5.82 Å². The highest BCUT2D eigenvalue weighted by molar-refractivity contribution is 5.36. The molecule has 4 rings (SSSR count). The van der Waals surface area contributed by atoms with E-state index in [0.29, 0.717) is 12.1 Å². The smallest absolute Gasteiger partial charge is 0.136 e. The lowest BCUT2D eigenvalue weighted by Crippen LogP contribution is -2.54. The van der Waals surface area contributed by atoms with E-state index in [1.165, 1.54) is 17.0 Å². The highest BCUT2D eigenvalue weighted by Crippen LogP contribution is 2.28. The van der Waals surface area contributed by atoms with Crippen LogP contribution < -0.4 is 0 Å². The van der Waals surface area contributed by atoms with Crippen LogP contribution in [-0.2, 0) is 6.54 Å². The Bertz CT molecular complexity index is 742. The van der Waals surface area contributed by atoms with Crippen LogP contribution in [-0.4, -0.2) is 62.3 Å². The molecular formula is C20H28N4O. The fourth-order valence-electron chi connectivity index (χ4n) is 4.54. The minimum atomic E-state index is -0.147. The van der Waals surface area contributed by atoms with Gasteiger partial charge in [-0.2, -0.15) is 0 Å². The molecule has 5 heteroatoms. The van der Waals surface area contributed by atoms with Gasteiger partial charge in [0.05, 0.1) is 6.10 Å². The van der Waals surface area contributed by atoms with Crippen LogP contribution in [0, 0.1) is 13.8 Å². The van der Waals surface area contributed by atoms with E-state index in [1.54, 1.807) is 0 Å². The second-order valence-corrected chi connectivity index (χ2v) is 7.70. The Morgan fingerprint density at radius 3 is 2.80 bits per heavy atom. The van der Waals surface area contributed by atoms with E-state index in [2.05, 4.69) is 52.3 Å². The van der Waals surface area contributed by atoms with Gasteiger partial charge in [0.25, 0.3) is 0 Å². The number of aromatic nitrogens is 2. The first-order valence-corrected chi connectivity index (χ1v) is 9.28. The molecule has 2 aliphatic rings. The Labute approximate surface area is 149 Å². The van der Waals surface area contributed by atoms with Crippen molar-refractivity contribution in [3.63, 3.8) is 0 Å². The standard InChI is InChI=1S/C20H28N4O/c1-14-8-17(16(3)24(14)20-6-4-5-7-21-20)11-22-12-18-9-19(25)13-23(18)10-15(22)2/h4-8,15,18-19,25H,9-13H2,1-3H3/t15-,18+,19+/m0/s1. The van der Waals surface area contributed by atoms with E-state index in [0.717, 1.165) is 38.4 Å². The molecule has 0 radical (unpaired) electrons. The van der Waals surface area contributed by atoms with Gasteiger partial charge in [-0.05, 0) is 51.0 Å². The van der Waals surface area contributed by atoms with Crippen LogP contribution in [0.4, 0.5) is 0 Å². The number of aliphatic hydroxyl groups excluding tert-OH is 1. The number of rotatable bonds is 3. The fraction of sp³-hybridized carbons (Fsp3) is 0.550. The zero-order chi connectivity index (χ0) is 17.6. The van der Waals surface area contributed by atoms with Crippen LogP contribution in [0.3, 0.4) is 0 Å². The van der Waals surface area contributed by atoms with Gasteiger partial charge in [-0.3, -0.25) is 9.80 Å². The lowest BCUT2D eigenvalue weighted by atomic mass is 10.1. The first kappa shape index (κ1) is 16.8. The molecule has 0 saturated carbocycles. The van der Waals surface area contributed by atoms with E-state index in [1.807, 2.05) is 18.3 Å². The number of fused-ring (bicyclic) bond motifs is 1. The quantitative estimate of drug-likeness (QED) is 0.930. The van der Waals surface area contributed by atoms with Gasteiger partial charge in [0.1, 0.15) is 5.82 Å². The highest BCUT2D eigenvalue weighted by Gasteiger charge is 2.38. The van der Waals surface area contributed by atoms with Gasteiger partial charge >= 0.3 is 0 Å². The van der Waals surface area contributed by atoms with Crippen LogP contribution >= 0.6 is 0 Å². The van der Waals surface area contributed by atoms with Gasteiger partial charge in [0.2, 0.25) is 0 Å². The molecule has 2 aromatic rings. The summed E-state index contributed by atoms with van der Waals surface area (Å²) in [4.78, 5) is 9.55. The predicted molar refractivity (Wildman–Crippen MR) is 98.9 cm³/mol. The molecule has 2 saturated heterocycles. The molecule has 0 amide bonds. The van der Waals surface area contributed by atoms with Crippen LogP contribution in [0.15, 0.2) is 30.5 Å². The number of nitrogens with zero attached hydrogens (tertiary/aromatic N) is 4. The predicted octanol–water partition coefficient (Wildman–Crippen LogP) is 2.13. The third kappa shape index (κ3) is 3.12. The van der Waals surface area contributed by atoms with Gasteiger partial charge in [-0.25, -0.2) is 4.98 Å². The number of piperazine rings is 1. The summed E-state index contributed by atoms with van der Waals surface area (Å²) in [6.07, 6.45) is 2.61. The lowest BCUT2D eigenvalue weighted by Gasteiger charge is -2.42. The van der Waals surface area contributed by atoms with Gasteiger partial charge < -0.3 is 9.67 Å². The van der Waals surface area contributed by atoms with Gasteiger partial charge in [0.15, 0.2) is 0 Å². The molecule has 134 valence electrons. The average Bonchev–Trinajstić information content (AvgIpc) is 3.07. The zero-order valence-corrected chi connectivity index (χ0v) is 15.4. The summed E-state index contributed by atoms with van der Waals surface area (Å²) in [5.41, 5.74) is 3.88. The molecule has 2 aliphatic heterocycles. The maximum absolute atomic E-state index is 9.96. The van der Waals surface area contributed by atoms with E-state index in [-0.39, 0.29) is 6.10 Å². The van der Waals surface area contributed by atoms with Crippen molar-refractivity contribution in [2.24, 2.45) is 0 Å². The number of aryl methyl sites for hydroxylation is 1. The van der Waals surface area contributed by atoms with Crippen molar-refractivity contribution in [1.82, 2.24) is 19.4 Å². The third-order valence-electron chi connectivity index (χ3n) is 5.86. The average molecular weight is 340 g/mol. The zero-order valence-electron chi connectivity index (χ0n) is 15.4. The maximum Gasteiger partial charge on any atom is 0.136 e. The number of pyridine rings is 1. The second-order valence-electron chi connectivity index (χ2n) is 7.70. The van der Waals surface area contributed by atoms with Crippen molar-refractivity contribution in [3.8, 4) is 5.82 Å². The summed E-state index contributed by atoms with van der Waals surface area (Å²) in [7, 11) is 0. The Balaban J connectivity index is 1.55. The molecule has 25 heavy (non-hydrogen) atoms. The summed E-state index contributed by atoms with van der Waals surface area (Å²) in [5, 5.41) is 9.96. The van der Waals surface area contributed by atoms with Gasteiger partial charge in [-0.15, -0.1) is 0 Å². The Hall–Kier alpha value is -1.69. The van der Waals surface area contributed by atoms with Crippen molar-refractivity contribution < 1.29 is 5.11 Å². The van der Waals surface area contributed by atoms with Crippen LogP contribution in [0.1, 0.15) is 30.3 Å². The summed E-state index contributed by atoms with van der Waals surface area (Å²) in [6, 6.07) is 9.37. The van der Waals surface area contributed by atoms with Crippen molar-refractivity contribution >= 4 is 0 Å². The van der Waals surface area contributed by atoms with E-state index >= 15 is 0 Å². The Morgan fingerprint density at radius 1 is 1.20 bits per heavy atom. The minimum Gasteiger partial charge on any atom is -0.392 e. The van der Waals surface area contributed by atoms with Crippen molar-refractivity contribution in [1.29, 1.82) is 0 Å². The molecule has 0 bridgehead atoms. The van der Waals surface area contributed by atoms with E-state index in [9.17, 15) is 5.11 Å². The summed E-state index contributed by atoms with van der Waals surface area (Å²) in [6.45, 7) is 10.6. The molecular weight excluding hydrogens is 312 g/mol.